The van der Waals surface area contributed by atoms with Gasteiger partial charge in [-0.05, 0) is 39.7 Å². The molecule has 0 fully saturated rings. The second-order valence-electron chi connectivity index (χ2n) is 4.17. The molecule has 0 aliphatic rings. The molecule has 0 spiro atoms. The van der Waals surface area contributed by atoms with Crippen molar-refractivity contribution in [1.29, 1.82) is 0 Å². The molecule has 2 rings (SSSR count). The molecular weight excluding hydrogens is 356 g/mol. The normalized spacial score (nSPS) is 13.0. The van der Waals surface area contributed by atoms with E-state index in [9.17, 15) is 22.7 Å². The second-order valence-corrected chi connectivity index (χ2v) is 5.02. The van der Waals surface area contributed by atoms with Crippen molar-refractivity contribution in [2.45, 2.75) is 12.5 Å². The summed E-state index contributed by atoms with van der Waals surface area (Å²) < 4.78 is 54.3. The van der Waals surface area contributed by atoms with Gasteiger partial charge in [0.05, 0.1) is 4.47 Å². The fraction of sp³-hybridized carbons (Fsp3) is 0.143. The number of ether oxygens (including phenoxy) is 1. The molecule has 1 unspecified atom stereocenters. The van der Waals surface area contributed by atoms with Crippen LogP contribution in [0.1, 0.15) is 17.2 Å². The van der Waals surface area contributed by atoms with Crippen molar-refractivity contribution in [3.05, 3.63) is 63.9 Å². The molecule has 0 heterocycles. The standard InChI is InChI=1S/C14H9BrF4O2/c15-11-6-2-5-10(12(11)16)13(20)8-3-1-4-9(7-8)21-14(17,18)19/h1-7,13,20H. The highest BCUT2D eigenvalue weighted by Crippen LogP contribution is 2.31. The van der Waals surface area contributed by atoms with Crippen molar-refractivity contribution in [2.75, 3.05) is 0 Å². The minimum absolute atomic E-state index is 0.0477. The fourth-order valence-electron chi connectivity index (χ4n) is 1.79. The predicted octanol–water partition coefficient (Wildman–Crippen LogP) is 4.57. The quantitative estimate of drug-likeness (QED) is 0.808. The molecule has 1 N–H and O–H groups in total. The third-order valence-corrected chi connectivity index (χ3v) is 3.30. The lowest BCUT2D eigenvalue weighted by Crippen LogP contribution is -2.17. The van der Waals surface area contributed by atoms with Crippen molar-refractivity contribution in [2.24, 2.45) is 0 Å². The van der Waals surface area contributed by atoms with Crippen LogP contribution in [0.3, 0.4) is 0 Å². The van der Waals surface area contributed by atoms with Gasteiger partial charge in [-0.25, -0.2) is 4.39 Å². The monoisotopic (exact) mass is 364 g/mol. The van der Waals surface area contributed by atoms with E-state index in [1.54, 1.807) is 0 Å². The molecule has 0 saturated carbocycles. The summed E-state index contributed by atoms with van der Waals surface area (Å²) in [6.07, 6.45) is -6.23. The van der Waals surface area contributed by atoms with E-state index in [-0.39, 0.29) is 15.6 Å². The minimum Gasteiger partial charge on any atom is -0.406 e. The van der Waals surface area contributed by atoms with Crippen LogP contribution in [-0.4, -0.2) is 11.5 Å². The van der Waals surface area contributed by atoms with Gasteiger partial charge in [-0.3, -0.25) is 0 Å². The van der Waals surface area contributed by atoms with Crippen LogP contribution >= 0.6 is 15.9 Å². The zero-order valence-electron chi connectivity index (χ0n) is 10.4. The highest BCUT2D eigenvalue weighted by molar-refractivity contribution is 9.10. The van der Waals surface area contributed by atoms with Gasteiger partial charge < -0.3 is 9.84 Å². The Balaban J connectivity index is 2.33. The van der Waals surface area contributed by atoms with Crippen LogP contribution in [0.25, 0.3) is 0 Å². The Morgan fingerprint density at radius 2 is 1.76 bits per heavy atom. The van der Waals surface area contributed by atoms with Gasteiger partial charge >= 0.3 is 6.36 Å². The first kappa shape index (κ1) is 15.8. The summed E-state index contributed by atoms with van der Waals surface area (Å²) in [5.74, 6) is -1.15. The van der Waals surface area contributed by atoms with Crippen molar-refractivity contribution >= 4 is 15.9 Å². The number of aliphatic hydroxyl groups is 1. The van der Waals surface area contributed by atoms with Crippen molar-refractivity contribution in [1.82, 2.24) is 0 Å². The van der Waals surface area contributed by atoms with E-state index in [0.29, 0.717) is 0 Å². The zero-order valence-corrected chi connectivity index (χ0v) is 12.0. The molecule has 0 aromatic heterocycles. The van der Waals surface area contributed by atoms with Crippen molar-refractivity contribution < 1.29 is 27.4 Å². The number of hydrogen-bond donors (Lipinski definition) is 1. The molecule has 0 saturated heterocycles. The third kappa shape index (κ3) is 3.95. The molecule has 2 nitrogen and oxygen atoms in total. The van der Waals surface area contributed by atoms with Crippen LogP contribution in [0, 0.1) is 5.82 Å². The van der Waals surface area contributed by atoms with Gasteiger partial charge in [0.2, 0.25) is 0 Å². The molecule has 112 valence electrons. The van der Waals surface area contributed by atoms with Gasteiger partial charge in [0.25, 0.3) is 0 Å². The summed E-state index contributed by atoms with van der Waals surface area (Å²) in [6, 6.07) is 9.10. The average Bonchev–Trinajstić information content (AvgIpc) is 2.39. The van der Waals surface area contributed by atoms with Crippen molar-refractivity contribution in [3.8, 4) is 5.75 Å². The maximum atomic E-state index is 13.9. The number of hydrogen-bond acceptors (Lipinski definition) is 2. The molecule has 0 bridgehead atoms. The smallest absolute Gasteiger partial charge is 0.406 e. The molecular formula is C14H9BrF4O2. The largest absolute Gasteiger partial charge is 0.573 e. The predicted molar refractivity (Wildman–Crippen MR) is 71.3 cm³/mol. The van der Waals surface area contributed by atoms with E-state index in [1.165, 1.54) is 30.3 Å². The molecule has 7 heteroatoms. The summed E-state index contributed by atoms with van der Waals surface area (Å²) in [5, 5.41) is 10.1. The number of aliphatic hydroxyl groups excluding tert-OH is 1. The molecule has 0 aliphatic heterocycles. The number of rotatable bonds is 3. The van der Waals surface area contributed by atoms with Crippen LogP contribution in [0.2, 0.25) is 0 Å². The molecule has 21 heavy (non-hydrogen) atoms. The molecule has 2 aromatic rings. The topological polar surface area (TPSA) is 29.5 Å². The van der Waals surface area contributed by atoms with E-state index in [2.05, 4.69) is 20.7 Å². The Morgan fingerprint density at radius 3 is 2.43 bits per heavy atom. The Bertz CT molecular complexity index is 643. The van der Waals surface area contributed by atoms with Crippen LogP contribution in [0.5, 0.6) is 5.75 Å². The van der Waals surface area contributed by atoms with Gasteiger partial charge in [-0.15, -0.1) is 13.2 Å². The maximum absolute atomic E-state index is 13.9. The lowest BCUT2D eigenvalue weighted by atomic mass is 10.0. The fourth-order valence-corrected chi connectivity index (χ4v) is 2.17. The molecule has 0 amide bonds. The van der Waals surface area contributed by atoms with E-state index >= 15 is 0 Å². The maximum Gasteiger partial charge on any atom is 0.573 e. The minimum atomic E-state index is -4.83. The third-order valence-electron chi connectivity index (χ3n) is 2.68. The Labute approximate surface area is 126 Å². The highest BCUT2D eigenvalue weighted by atomic mass is 79.9. The van der Waals surface area contributed by atoms with E-state index in [0.717, 1.165) is 12.1 Å². The Kier molecular flexibility index (Phi) is 4.53. The average molecular weight is 365 g/mol. The number of benzene rings is 2. The lowest BCUT2D eigenvalue weighted by Gasteiger charge is -2.15. The number of halogens is 5. The SMILES string of the molecule is OC(c1cccc(OC(F)(F)F)c1)c1cccc(Br)c1F. The van der Waals surface area contributed by atoms with Gasteiger partial charge in [0, 0.05) is 5.56 Å². The van der Waals surface area contributed by atoms with Gasteiger partial charge in [-0.1, -0.05) is 24.3 Å². The molecule has 2 aromatic carbocycles. The summed E-state index contributed by atoms with van der Waals surface area (Å²) in [6.45, 7) is 0. The van der Waals surface area contributed by atoms with Crippen LogP contribution in [0.4, 0.5) is 17.6 Å². The summed E-state index contributed by atoms with van der Waals surface area (Å²) >= 11 is 2.98. The molecule has 1 atom stereocenters. The molecule has 0 radical (unpaired) electrons. The number of alkyl halides is 3. The first-order chi connectivity index (χ1) is 9.78. The van der Waals surface area contributed by atoms with Gasteiger partial charge in [-0.2, -0.15) is 0 Å². The van der Waals surface area contributed by atoms with Crippen LogP contribution in [0.15, 0.2) is 46.9 Å². The van der Waals surface area contributed by atoms with Gasteiger partial charge in [0.1, 0.15) is 17.7 Å². The van der Waals surface area contributed by atoms with E-state index in [4.69, 9.17) is 0 Å². The van der Waals surface area contributed by atoms with E-state index in [1.807, 2.05) is 0 Å². The lowest BCUT2D eigenvalue weighted by molar-refractivity contribution is -0.274. The summed E-state index contributed by atoms with van der Waals surface area (Å²) in [7, 11) is 0. The summed E-state index contributed by atoms with van der Waals surface area (Å²) in [4.78, 5) is 0. The van der Waals surface area contributed by atoms with Gasteiger partial charge in [0.15, 0.2) is 0 Å². The Morgan fingerprint density at radius 1 is 1.10 bits per heavy atom. The first-order valence-electron chi connectivity index (χ1n) is 5.75. The summed E-state index contributed by atoms with van der Waals surface area (Å²) in [5.41, 5.74) is 0.0438. The van der Waals surface area contributed by atoms with Crippen LogP contribution in [-0.2, 0) is 0 Å². The molecule has 0 aliphatic carbocycles. The first-order valence-corrected chi connectivity index (χ1v) is 6.55. The van der Waals surface area contributed by atoms with Crippen molar-refractivity contribution in [3.63, 3.8) is 0 Å². The van der Waals surface area contributed by atoms with Crippen LogP contribution < -0.4 is 4.74 Å². The van der Waals surface area contributed by atoms with E-state index < -0.39 is 24.0 Å². The Hall–Kier alpha value is -1.60. The zero-order chi connectivity index (χ0) is 15.6. The second kappa shape index (κ2) is 6.03. The highest BCUT2D eigenvalue weighted by Gasteiger charge is 2.31.